The van der Waals surface area contributed by atoms with E-state index in [1.54, 1.807) is 28.8 Å². The zero-order valence-electron chi connectivity index (χ0n) is 15.3. The molecule has 2 aliphatic rings. The molecule has 0 amide bonds. The Kier molecular flexibility index (Phi) is 5.25. The number of alkyl halides is 3. The van der Waals surface area contributed by atoms with Gasteiger partial charge in [-0.2, -0.15) is 13.2 Å². The third-order valence-electron chi connectivity index (χ3n) is 5.68. The highest BCUT2D eigenvalue weighted by Gasteiger charge is 2.42. The fourth-order valence-electron chi connectivity index (χ4n) is 4.09. The second-order valence-electron chi connectivity index (χ2n) is 7.60. The predicted octanol–water partition coefficient (Wildman–Crippen LogP) is 5.93. The molecule has 0 radical (unpaired) electrons. The highest BCUT2D eigenvalue weighted by molar-refractivity contribution is 7.99. The molecule has 0 bridgehead atoms. The molecule has 1 fully saturated rings. The summed E-state index contributed by atoms with van der Waals surface area (Å²) in [4.78, 5) is 18.7. The Morgan fingerprint density at radius 1 is 1.14 bits per heavy atom. The van der Waals surface area contributed by atoms with E-state index in [0.29, 0.717) is 34.3 Å². The third-order valence-corrected chi connectivity index (χ3v) is 7.27. The van der Waals surface area contributed by atoms with Crippen LogP contribution in [0.1, 0.15) is 56.0 Å². The summed E-state index contributed by atoms with van der Waals surface area (Å²) in [5.74, 6) is 0.120. The maximum atomic E-state index is 13.3. The van der Waals surface area contributed by atoms with Crippen LogP contribution in [0.15, 0.2) is 34.0 Å². The Morgan fingerprint density at radius 2 is 1.79 bits per heavy atom. The number of nitrogens with zero attached hydrogens (tertiary/aromatic N) is 2. The molecule has 0 saturated heterocycles. The normalized spacial score (nSPS) is 25.0. The summed E-state index contributed by atoms with van der Waals surface area (Å²) in [7, 11) is 0. The number of hydrogen-bond donors (Lipinski definition) is 0. The topological polar surface area (TPSA) is 34.9 Å². The Hall–Kier alpha value is -1.47. The van der Waals surface area contributed by atoms with E-state index in [1.165, 1.54) is 11.8 Å². The maximum Gasteiger partial charge on any atom is 0.391 e. The summed E-state index contributed by atoms with van der Waals surface area (Å²) < 4.78 is 40.8. The second-order valence-corrected chi connectivity index (χ2v) is 9.07. The molecule has 0 N–H and O–H groups in total. The van der Waals surface area contributed by atoms with E-state index >= 15 is 0 Å². The van der Waals surface area contributed by atoms with E-state index in [2.05, 4.69) is 0 Å². The minimum atomic E-state index is -4.16. The van der Waals surface area contributed by atoms with Gasteiger partial charge < -0.3 is 0 Å². The highest BCUT2D eigenvalue weighted by atomic mass is 35.5. The zero-order valence-corrected chi connectivity index (χ0v) is 16.9. The molecule has 1 saturated carbocycles. The van der Waals surface area contributed by atoms with Crippen LogP contribution in [0.2, 0.25) is 5.02 Å². The van der Waals surface area contributed by atoms with Gasteiger partial charge in [-0.1, -0.05) is 18.5 Å². The van der Waals surface area contributed by atoms with Crippen LogP contribution in [-0.2, 0) is 0 Å². The maximum absolute atomic E-state index is 13.3. The first kappa shape index (κ1) is 19.8. The standard InChI is InChI=1S/C20H20ClF3N2OS/c1-11-10-28-17-16(11)25-18(12-2-4-13(5-3-12)20(22,23)24)26(19(17)27)15-8-6-14(21)7-9-15/h6-9,11-13H,2-5,10H2,1H3/t11?,12-,13+. The number of fused-ring (bicyclic) bond motifs is 1. The molecule has 1 aromatic heterocycles. The average molecular weight is 429 g/mol. The van der Waals surface area contributed by atoms with Gasteiger partial charge in [0.25, 0.3) is 5.56 Å². The van der Waals surface area contributed by atoms with Crippen LogP contribution in [-0.4, -0.2) is 21.5 Å². The van der Waals surface area contributed by atoms with Crippen molar-refractivity contribution in [3.05, 3.63) is 51.2 Å². The summed E-state index contributed by atoms with van der Waals surface area (Å²) in [5.41, 5.74) is 1.31. The summed E-state index contributed by atoms with van der Waals surface area (Å²) in [5, 5.41) is 0.557. The van der Waals surface area contributed by atoms with Crippen LogP contribution >= 0.6 is 23.4 Å². The van der Waals surface area contributed by atoms with Crippen molar-refractivity contribution >= 4 is 23.4 Å². The van der Waals surface area contributed by atoms with Gasteiger partial charge in [0.1, 0.15) is 5.82 Å². The molecule has 150 valence electrons. The minimum absolute atomic E-state index is 0.0754. The number of aromatic nitrogens is 2. The van der Waals surface area contributed by atoms with Crippen LogP contribution in [0.4, 0.5) is 13.2 Å². The van der Waals surface area contributed by atoms with Crippen molar-refractivity contribution in [3.63, 3.8) is 0 Å². The molecule has 1 atom stereocenters. The van der Waals surface area contributed by atoms with Gasteiger partial charge in [-0.05, 0) is 49.9 Å². The van der Waals surface area contributed by atoms with Gasteiger partial charge in [-0.15, -0.1) is 11.8 Å². The molecule has 2 heterocycles. The van der Waals surface area contributed by atoms with Crippen molar-refractivity contribution in [2.24, 2.45) is 5.92 Å². The monoisotopic (exact) mass is 428 g/mol. The number of rotatable bonds is 2. The van der Waals surface area contributed by atoms with Crippen molar-refractivity contribution in [3.8, 4) is 5.69 Å². The summed E-state index contributed by atoms with van der Waals surface area (Å²) in [6.07, 6.45) is -3.25. The molecule has 28 heavy (non-hydrogen) atoms. The van der Waals surface area contributed by atoms with Gasteiger partial charge in [0, 0.05) is 22.6 Å². The van der Waals surface area contributed by atoms with Crippen molar-refractivity contribution in [1.29, 1.82) is 0 Å². The van der Waals surface area contributed by atoms with Crippen LogP contribution in [0.3, 0.4) is 0 Å². The summed E-state index contributed by atoms with van der Waals surface area (Å²) >= 11 is 7.49. The van der Waals surface area contributed by atoms with Crippen molar-refractivity contribution in [2.75, 3.05) is 5.75 Å². The van der Waals surface area contributed by atoms with Gasteiger partial charge in [-0.3, -0.25) is 9.36 Å². The first-order valence-corrected chi connectivity index (χ1v) is 10.7. The fourth-order valence-corrected chi connectivity index (χ4v) is 5.40. The Bertz CT molecular complexity index is 934. The number of hydrogen-bond acceptors (Lipinski definition) is 3. The first-order chi connectivity index (χ1) is 13.3. The SMILES string of the molecule is CC1CSc2c1nc([C@H]1CC[C@@H](C(F)(F)F)CC1)n(-c1ccc(Cl)cc1)c2=O. The molecular formula is C20H20ClF3N2OS. The molecule has 1 aromatic carbocycles. The van der Waals surface area contributed by atoms with E-state index in [0.717, 1.165) is 11.4 Å². The minimum Gasteiger partial charge on any atom is -0.268 e. The molecule has 8 heteroatoms. The highest BCUT2D eigenvalue weighted by Crippen LogP contribution is 2.44. The lowest BCUT2D eigenvalue weighted by Crippen LogP contribution is -2.31. The quantitative estimate of drug-likeness (QED) is 0.594. The van der Waals surface area contributed by atoms with E-state index in [4.69, 9.17) is 16.6 Å². The lowest BCUT2D eigenvalue weighted by Gasteiger charge is -2.31. The summed E-state index contributed by atoms with van der Waals surface area (Å²) in [6.45, 7) is 2.03. The van der Waals surface area contributed by atoms with Crippen molar-refractivity contribution in [1.82, 2.24) is 9.55 Å². The Balaban J connectivity index is 1.78. The molecule has 1 aliphatic carbocycles. The van der Waals surface area contributed by atoms with Crippen LogP contribution < -0.4 is 5.56 Å². The largest absolute Gasteiger partial charge is 0.391 e. The number of thioether (sulfide) groups is 1. The number of benzene rings is 1. The van der Waals surface area contributed by atoms with Crippen LogP contribution in [0.25, 0.3) is 5.69 Å². The fraction of sp³-hybridized carbons (Fsp3) is 0.500. The molecule has 4 rings (SSSR count). The van der Waals surface area contributed by atoms with Crippen molar-refractivity contribution in [2.45, 2.75) is 55.5 Å². The molecule has 3 nitrogen and oxygen atoms in total. The van der Waals surface area contributed by atoms with Crippen molar-refractivity contribution < 1.29 is 13.2 Å². The van der Waals surface area contributed by atoms with E-state index in [-0.39, 0.29) is 30.2 Å². The van der Waals surface area contributed by atoms with Gasteiger partial charge in [0.15, 0.2) is 0 Å². The second kappa shape index (κ2) is 7.41. The average Bonchev–Trinajstić information content (AvgIpc) is 3.03. The smallest absolute Gasteiger partial charge is 0.268 e. The van der Waals surface area contributed by atoms with Gasteiger partial charge in [0.2, 0.25) is 0 Å². The first-order valence-electron chi connectivity index (χ1n) is 9.38. The number of halogens is 4. The van der Waals surface area contributed by atoms with Crippen LogP contribution in [0, 0.1) is 5.92 Å². The van der Waals surface area contributed by atoms with E-state index in [9.17, 15) is 18.0 Å². The van der Waals surface area contributed by atoms with E-state index < -0.39 is 12.1 Å². The lowest BCUT2D eigenvalue weighted by atomic mass is 9.81. The van der Waals surface area contributed by atoms with E-state index in [1.807, 2.05) is 6.92 Å². The van der Waals surface area contributed by atoms with Gasteiger partial charge in [0.05, 0.1) is 22.2 Å². The molecule has 1 aliphatic heterocycles. The molecular weight excluding hydrogens is 409 g/mol. The lowest BCUT2D eigenvalue weighted by molar-refractivity contribution is -0.182. The zero-order chi connectivity index (χ0) is 20.1. The molecule has 0 spiro atoms. The Labute approximate surface area is 170 Å². The van der Waals surface area contributed by atoms with Crippen LogP contribution in [0.5, 0.6) is 0 Å². The van der Waals surface area contributed by atoms with Gasteiger partial charge >= 0.3 is 6.18 Å². The summed E-state index contributed by atoms with van der Waals surface area (Å²) in [6, 6.07) is 6.92. The van der Waals surface area contributed by atoms with Gasteiger partial charge in [-0.25, -0.2) is 4.98 Å². The molecule has 1 unspecified atom stereocenters. The predicted molar refractivity (Wildman–Crippen MR) is 105 cm³/mol. The molecule has 2 aromatic rings. The Morgan fingerprint density at radius 3 is 2.39 bits per heavy atom. The third kappa shape index (κ3) is 3.59.